The van der Waals surface area contributed by atoms with Gasteiger partial charge in [0, 0.05) is 6.54 Å². The summed E-state index contributed by atoms with van der Waals surface area (Å²) in [5.41, 5.74) is -0.0367. The second-order valence-electron chi connectivity index (χ2n) is 4.35. The molecule has 0 saturated heterocycles. The van der Waals surface area contributed by atoms with E-state index in [1.165, 1.54) is 13.3 Å². The van der Waals surface area contributed by atoms with Crippen LogP contribution in [0.4, 0.5) is 5.69 Å². The molecule has 6 nitrogen and oxygen atoms in total. The summed E-state index contributed by atoms with van der Waals surface area (Å²) in [7, 11) is 1.25. The van der Waals surface area contributed by atoms with Gasteiger partial charge in [0.15, 0.2) is 0 Å². The average molecular weight is 320 g/mol. The lowest BCUT2D eigenvalue weighted by Gasteiger charge is -2.13. The van der Waals surface area contributed by atoms with Gasteiger partial charge in [0.2, 0.25) is 0 Å². The van der Waals surface area contributed by atoms with Crippen LogP contribution < -0.4 is 10.9 Å². The van der Waals surface area contributed by atoms with Crippen LogP contribution in [0.15, 0.2) is 11.0 Å². The number of anilines is 1. The van der Waals surface area contributed by atoms with E-state index in [0.29, 0.717) is 18.2 Å². The van der Waals surface area contributed by atoms with Crippen LogP contribution in [0.5, 0.6) is 0 Å². The third kappa shape index (κ3) is 4.72. The van der Waals surface area contributed by atoms with Crippen molar-refractivity contribution in [3.05, 3.63) is 21.6 Å². The van der Waals surface area contributed by atoms with E-state index in [0.717, 1.165) is 10.4 Å². The van der Waals surface area contributed by atoms with Gasteiger partial charge in [-0.15, -0.1) is 0 Å². The fourth-order valence-electron chi connectivity index (χ4n) is 1.52. The van der Waals surface area contributed by atoms with Crippen molar-refractivity contribution in [2.24, 2.45) is 5.92 Å². The molecule has 1 N–H and O–H groups in total. The van der Waals surface area contributed by atoms with Crippen LogP contribution in [-0.4, -0.2) is 41.4 Å². The third-order valence-corrected chi connectivity index (χ3v) is 3.85. The van der Waals surface area contributed by atoms with Crippen molar-refractivity contribution in [3.63, 3.8) is 0 Å². The third-order valence-electron chi connectivity index (χ3n) is 2.58. The number of aromatic nitrogens is 2. The summed E-state index contributed by atoms with van der Waals surface area (Å²) in [6.07, 6.45) is 3.48. The number of methoxy groups -OCH3 is 1. The minimum absolute atomic E-state index is 0.0280. The maximum atomic E-state index is 11.9. The Hall–Kier alpha value is -1.21. The summed E-state index contributed by atoms with van der Waals surface area (Å²) in [6, 6.07) is 0. The highest BCUT2D eigenvalue weighted by Crippen LogP contribution is 2.16. The molecule has 0 amide bonds. The smallest absolute Gasteiger partial charge is 0.327 e. The first kappa shape index (κ1) is 16.8. The summed E-state index contributed by atoms with van der Waals surface area (Å²) in [6.45, 7) is 2.55. The van der Waals surface area contributed by atoms with Gasteiger partial charge in [-0.05, 0) is 17.9 Å². The lowest BCUT2D eigenvalue weighted by molar-refractivity contribution is -0.141. The SMILES string of the molecule is COC(=O)Cn1ncc(NCC(C)CSC)c(Cl)c1=O. The number of hydrogen-bond donors (Lipinski definition) is 1. The van der Waals surface area contributed by atoms with Crippen LogP contribution >= 0.6 is 23.4 Å². The van der Waals surface area contributed by atoms with E-state index >= 15 is 0 Å². The zero-order valence-corrected chi connectivity index (χ0v) is 13.3. The fourth-order valence-corrected chi connectivity index (χ4v) is 2.42. The van der Waals surface area contributed by atoms with Gasteiger partial charge >= 0.3 is 5.97 Å². The normalized spacial score (nSPS) is 12.0. The predicted molar refractivity (Wildman–Crippen MR) is 81.6 cm³/mol. The molecule has 0 aliphatic heterocycles. The summed E-state index contributed by atoms with van der Waals surface area (Å²) in [4.78, 5) is 23.1. The Morgan fingerprint density at radius 1 is 1.65 bits per heavy atom. The number of thioether (sulfide) groups is 1. The van der Waals surface area contributed by atoms with Crippen LogP contribution in [0.2, 0.25) is 5.02 Å². The highest BCUT2D eigenvalue weighted by atomic mass is 35.5. The number of hydrogen-bond acceptors (Lipinski definition) is 6. The Morgan fingerprint density at radius 3 is 2.95 bits per heavy atom. The molecule has 0 radical (unpaired) electrons. The molecule has 0 aromatic carbocycles. The average Bonchev–Trinajstić information content (AvgIpc) is 2.43. The van der Waals surface area contributed by atoms with Crippen molar-refractivity contribution in [2.45, 2.75) is 13.5 Å². The number of ether oxygens (including phenoxy) is 1. The molecule has 1 aromatic heterocycles. The Morgan fingerprint density at radius 2 is 2.35 bits per heavy atom. The standard InChI is InChI=1S/C12H18ClN3O3S/c1-8(7-20-3)4-14-9-5-15-16(6-10(17)19-2)12(18)11(9)13/h5,8,14H,4,6-7H2,1-3H3. The number of nitrogens with one attached hydrogen (secondary N) is 1. The van der Waals surface area contributed by atoms with E-state index in [-0.39, 0.29) is 11.6 Å². The predicted octanol–water partition coefficient (Wildman–Crippen LogP) is 1.48. The number of carbonyl (C=O) groups excluding carboxylic acids is 1. The molecule has 112 valence electrons. The summed E-state index contributed by atoms with van der Waals surface area (Å²) >= 11 is 7.75. The highest BCUT2D eigenvalue weighted by Gasteiger charge is 2.12. The minimum Gasteiger partial charge on any atom is -0.468 e. The summed E-state index contributed by atoms with van der Waals surface area (Å²) in [5.74, 6) is 0.904. The molecule has 1 rings (SSSR count). The zero-order valence-electron chi connectivity index (χ0n) is 11.7. The highest BCUT2D eigenvalue weighted by molar-refractivity contribution is 7.98. The molecule has 1 heterocycles. The fraction of sp³-hybridized carbons (Fsp3) is 0.583. The maximum absolute atomic E-state index is 11.9. The van der Waals surface area contributed by atoms with Gasteiger partial charge in [-0.1, -0.05) is 18.5 Å². The Labute approximate surface area is 126 Å². The van der Waals surface area contributed by atoms with Gasteiger partial charge in [0.05, 0.1) is 19.0 Å². The van der Waals surface area contributed by atoms with Crippen molar-refractivity contribution in [3.8, 4) is 0 Å². The molecule has 0 bridgehead atoms. The van der Waals surface area contributed by atoms with Crippen molar-refractivity contribution in [1.29, 1.82) is 0 Å². The molecule has 0 spiro atoms. The first-order chi connectivity index (χ1) is 9.49. The summed E-state index contributed by atoms with van der Waals surface area (Å²) < 4.78 is 5.46. The minimum atomic E-state index is -0.551. The van der Waals surface area contributed by atoms with Gasteiger partial charge in [0.1, 0.15) is 11.6 Å². The topological polar surface area (TPSA) is 73.2 Å². The van der Waals surface area contributed by atoms with Gasteiger partial charge in [-0.3, -0.25) is 9.59 Å². The van der Waals surface area contributed by atoms with Crippen molar-refractivity contribution in [2.75, 3.05) is 31.0 Å². The van der Waals surface area contributed by atoms with Gasteiger partial charge < -0.3 is 10.1 Å². The molecule has 0 fully saturated rings. The first-order valence-corrected chi connectivity index (χ1v) is 7.82. The van der Waals surface area contributed by atoms with Crippen molar-refractivity contribution < 1.29 is 9.53 Å². The van der Waals surface area contributed by atoms with Crippen LogP contribution in [0.25, 0.3) is 0 Å². The quantitative estimate of drug-likeness (QED) is 0.767. The molecule has 1 unspecified atom stereocenters. The van der Waals surface area contributed by atoms with Gasteiger partial charge in [-0.25, -0.2) is 4.68 Å². The molecular weight excluding hydrogens is 302 g/mol. The van der Waals surface area contributed by atoms with E-state index in [4.69, 9.17) is 11.6 Å². The van der Waals surface area contributed by atoms with Gasteiger partial charge in [0.25, 0.3) is 5.56 Å². The Kier molecular flexibility index (Phi) is 6.87. The van der Waals surface area contributed by atoms with E-state index in [2.05, 4.69) is 22.1 Å². The van der Waals surface area contributed by atoms with E-state index in [1.54, 1.807) is 11.8 Å². The molecule has 1 atom stereocenters. The van der Waals surface area contributed by atoms with E-state index in [1.807, 2.05) is 6.26 Å². The number of esters is 1. The molecular formula is C12H18ClN3O3S. The van der Waals surface area contributed by atoms with Gasteiger partial charge in [-0.2, -0.15) is 16.9 Å². The second kappa shape index (κ2) is 8.16. The maximum Gasteiger partial charge on any atom is 0.327 e. The molecule has 1 aromatic rings. The van der Waals surface area contributed by atoms with Crippen molar-refractivity contribution in [1.82, 2.24) is 9.78 Å². The lowest BCUT2D eigenvalue weighted by atomic mass is 10.2. The lowest BCUT2D eigenvalue weighted by Crippen LogP contribution is -2.28. The summed E-state index contributed by atoms with van der Waals surface area (Å²) in [5, 5.41) is 7.03. The first-order valence-electron chi connectivity index (χ1n) is 6.04. The van der Waals surface area contributed by atoms with Crippen LogP contribution in [0.1, 0.15) is 6.92 Å². The number of nitrogens with zero attached hydrogens (tertiary/aromatic N) is 2. The number of carbonyl (C=O) groups is 1. The monoisotopic (exact) mass is 319 g/mol. The molecule has 8 heteroatoms. The van der Waals surface area contributed by atoms with E-state index < -0.39 is 11.5 Å². The van der Waals surface area contributed by atoms with E-state index in [9.17, 15) is 9.59 Å². The molecule has 0 aliphatic carbocycles. The largest absolute Gasteiger partial charge is 0.468 e. The Balaban J connectivity index is 2.78. The van der Waals surface area contributed by atoms with Crippen LogP contribution in [-0.2, 0) is 16.1 Å². The van der Waals surface area contributed by atoms with Crippen LogP contribution in [0, 0.1) is 5.92 Å². The molecule has 0 aliphatic rings. The number of halogens is 1. The zero-order chi connectivity index (χ0) is 15.1. The second-order valence-corrected chi connectivity index (χ2v) is 5.64. The number of rotatable bonds is 7. The van der Waals surface area contributed by atoms with Crippen LogP contribution in [0.3, 0.4) is 0 Å². The molecule has 20 heavy (non-hydrogen) atoms. The molecule has 0 saturated carbocycles. The van der Waals surface area contributed by atoms with Crippen molar-refractivity contribution >= 4 is 35.0 Å². The Bertz CT molecular complexity index is 521.